The van der Waals surface area contributed by atoms with Gasteiger partial charge in [-0.15, -0.1) is 0 Å². The van der Waals surface area contributed by atoms with Crippen LogP contribution in [-0.4, -0.2) is 25.5 Å². The van der Waals surface area contributed by atoms with Gasteiger partial charge in [0.15, 0.2) is 0 Å². The van der Waals surface area contributed by atoms with E-state index in [-0.39, 0.29) is 0 Å². The third-order valence-electron chi connectivity index (χ3n) is 2.71. The Hall–Kier alpha value is -1.77. The second-order valence-corrected chi connectivity index (χ2v) is 5.23. The molecule has 0 N–H and O–H groups in total. The Morgan fingerprint density at radius 3 is 2.05 bits per heavy atom. The largest absolute Gasteiger partial charge is 0.457 e. The summed E-state index contributed by atoms with van der Waals surface area (Å²) in [6.07, 6.45) is 4.24. The van der Waals surface area contributed by atoms with Crippen LogP contribution in [0.1, 0.15) is 5.56 Å². The lowest BCUT2D eigenvalue weighted by molar-refractivity contribution is 0.457. The first-order valence-electron chi connectivity index (χ1n) is 6.48. The summed E-state index contributed by atoms with van der Waals surface area (Å²) in [6, 6.07) is 15.3. The number of hydrogen-bond donors (Lipinski definition) is 0. The summed E-state index contributed by atoms with van der Waals surface area (Å²) in [7, 11) is 4.10. The van der Waals surface area contributed by atoms with Crippen LogP contribution in [0.2, 0.25) is 5.02 Å². The second-order valence-electron chi connectivity index (χ2n) is 4.79. The first-order valence-corrected chi connectivity index (χ1v) is 6.86. The molecule has 0 unspecified atom stereocenters. The summed E-state index contributed by atoms with van der Waals surface area (Å²) in [5.74, 6) is 1.60. The Morgan fingerprint density at radius 1 is 0.950 bits per heavy atom. The van der Waals surface area contributed by atoms with Gasteiger partial charge in [0.25, 0.3) is 0 Å². The Labute approximate surface area is 125 Å². The molecule has 3 heteroatoms. The molecule has 0 saturated carbocycles. The highest BCUT2D eigenvalue weighted by atomic mass is 35.5. The minimum atomic E-state index is 0.707. The second kappa shape index (κ2) is 7.13. The van der Waals surface area contributed by atoms with E-state index < -0.39 is 0 Å². The third kappa shape index (κ3) is 4.72. The molecule has 0 fully saturated rings. The van der Waals surface area contributed by atoms with E-state index in [1.54, 1.807) is 0 Å². The number of hydrogen-bond acceptors (Lipinski definition) is 2. The van der Waals surface area contributed by atoms with Crippen LogP contribution in [0.15, 0.2) is 54.6 Å². The Bertz CT molecular complexity index is 559. The maximum atomic E-state index is 5.84. The van der Waals surface area contributed by atoms with E-state index in [9.17, 15) is 0 Å². The van der Waals surface area contributed by atoms with E-state index >= 15 is 0 Å². The molecule has 0 heterocycles. The van der Waals surface area contributed by atoms with Gasteiger partial charge in [-0.05, 0) is 56.1 Å². The van der Waals surface area contributed by atoms with Crippen LogP contribution in [0.3, 0.4) is 0 Å². The van der Waals surface area contributed by atoms with Crippen molar-refractivity contribution in [3.8, 4) is 11.5 Å². The molecule has 0 amide bonds. The number of benzene rings is 2. The Morgan fingerprint density at radius 2 is 1.50 bits per heavy atom. The molecule has 2 aromatic carbocycles. The van der Waals surface area contributed by atoms with Crippen LogP contribution in [0.5, 0.6) is 11.5 Å². The van der Waals surface area contributed by atoms with Crippen molar-refractivity contribution >= 4 is 17.7 Å². The van der Waals surface area contributed by atoms with Gasteiger partial charge in [-0.1, -0.05) is 35.9 Å². The number of likely N-dealkylation sites (N-methyl/N-ethyl adjacent to an activating group) is 1. The van der Waals surface area contributed by atoms with Gasteiger partial charge in [-0.25, -0.2) is 0 Å². The van der Waals surface area contributed by atoms with Crippen LogP contribution in [0, 0.1) is 0 Å². The quantitative estimate of drug-likeness (QED) is 0.790. The molecular weight excluding hydrogens is 270 g/mol. The van der Waals surface area contributed by atoms with E-state index in [2.05, 4.69) is 17.1 Å². The molecule has 0 aliphatic heterocycles. The predicted octanol–water partition coefficient (Wildman–Crippen LogP) is 4.71. The van der Waals surface area contributed by atoms with Gasteiger partial charge in [0.2, 0.25) is 0 Å². The molecule has 0 aliphatic rings. The Kier molecular flexibility index (Phi) is 5.22. The van der Waals surface area contributed by atoms with E-state index in [0.717, 1.165) is 23.6 Å². The van der Waals surface area contributed by atoms with Crippen LogP contribution >= 0.6 is 11.6 Å². The maximum absolute atomic E-state index is 5.84. The normalized spacial score (nSPS) is 11.2. The molecule has 0 atom stereocenters. The van der Waals surface area contributed by atoms with E-state index in [0.29, 0.717) is 5.02 Å². The van der Waals surface area contributed by atoms with Gasteiger partial charge in [0.05, 0.1) is 0 Å². The summed E-state index contributed by atoms with van der Waals surface area (Å²) in [4.78, 5) is 2.12. The average molecular weight is 288 g/mol. The highest BCUT2D eigenvalue weighted by Gasteiger charge is 1.97. The van der Waals surface area contributed by atoms with Crippen molar-refractivity contribution in [3.63, 3.8) is 0 Å². The van der Waals surface area contributed by atoms with E-state index in [1.165, 1.54) is 0 Å². The number of nitrogens with zero attached hydrogens (tertiary/aromatic N) is 1. The van der Waals surface area contributed by atoms with Gasteiger partial charge in [0, 0.05) is 11.6 Å². The van der Waals surface area contributed by atoms with Crippen molar-refractivity contribution in [1.82, 2.24) is 4.90 Å². The minimum absolute atomic E-state index is 0.707. The van der Waals surface area contributed by atoms with E-state index in [4.69, 9.17) is 16.3 Å². The molecule has 0 spiro atoms. The molecular formula is C17H18ClNO. The number of ether oxygens (including phenoxy) is 1. The lowest BCUT2D eigenvalue weighted by Crippen LogP contribution is -2.10. The molecule has 0 saturated heterocycles. The highest BCUT2D eigenvalue weighted by molar-refractivity contribution is 6.30. The summed E-state index contributed by atoms with van der Waals surface area (Å²) in [5, 5.41) is 0.707. The van der Waals surface area contributed by atoms with Crippen molar-refractivity contribution in [1.29, 1.82) is 0 Å². The fourth-order valence-corrected chi connectivity index (χ4v) is 1.81. The number of halogens is 1. The van der Waals surface area contributed by atoms with Gasteiger partial charge in [-0.3, -0.25) is 0 Å². The summed E-state index contributed by atoms with van der Waals surface area (Å²) in [5.41, 5.74) is 1.16. The van der Waals surface area contributed by atoms with Crippen LogP contribution < -0.4 is 4.74 Å². The van der Waals surface area contributed by atoms with Crippen LogP contribution in [0.25, 0.3) is 6.08 Å². The molecule has 2 aromatic rings. The van der Waals surface area contributed by atoms with Gasteiger partial charge < -0.3 is 9.64 Å². The molecule has 0 aromatic heterocycles. The average Bonchev–Trinajstić information content (AvgIpc) is 2.43. The third-order valence-corrected chi connectivity index (χ3v) is 2.96. The summed E-state index contributed by atoms with van der Waals surface area (Å²) in [6.45, 7) is 0.934. The highest BCUT2D eigenvalue weighted by Crippen LogP contribution is 2.23. The first-order chi connectivity index (χ1) is 9.63. The smallest absolute Gasteiger partial charge is 0.127 e. The van der Waals surface area contributed by atoms with Gasteiger partial charge in [-0.2, -0.15) is 0 Å². The first kappa shape index (κ1) is 14.6. The molecule has 2 nitrogen and oxygen atoms in total. The lowest BCUT2D eigenvalue weighted by Gasteiger charge is -2.06. The molecule has 0 aliphatic carbocycles. The maximum Gasteiger partial charge on any atom is 0.127 e. The Balaban J connectivity index is 1.97. The summed E-state index contributed by atoms with van der Waals surface area (Å²) >= 11 is 5.84. The zero-order chi connectivity index (χ0) is 14.4. The lowest BCUT2D eigenvalue weighted by atomic mass is 10.2. The fourth-order valence-electron chi connectivity index (χ4n) is 1.69. The zero-order valence-electron chi connectivity index (χ0n) is 11.7. The van der Waals surface area contributed by atoms with Gasteiger partial charge in [0.1, 0.15) is 11.5 Å². The monoisotopic (exact) mass is 287 g/mol. The van der Waals surface area contributed by atoms with E-state index in [1.807, 2.05) is 62.6 Å². The summed E-state index contributed by atoms with van der Waals surface area (Å²) < 4.78 is 5.74. The molecule has 20 heavy (non-hydrogen) atoms. The molecule has 2 rings (SSSR count). The van der Waals surface area contributed by atoms with Crippen LogP contribution in [0.4, 0.5) is 0 Å². The molecule has 104 valence electrons. The standard InChI is InChI=1S/C17H18ClNO/c1-19(2)13-3-4-14-5-9-16(10-6-14)20-17-11-7-15(18)8-12-17/h3-12H,13H2,1-2H3. The molecule has 0 bridgehead atoms. The number of rotatable bonds is 5. The van der Waals surface area contributed by atoms with Crippen molar-refractivity contribution in [2.75, 3.05) is 20.6 Å². The molecule has 0 radical (unpaired) electrons. The van der Waals surface area contributed by atoms with Crippen molar-refractivity contribution in [3.05, 3.63) is 65.2 Å². The minimum Gasteiger partial charge on any atom is -0.457 e. The SMILES string of the molecule is CN(C)CC=Cc1ccc(Oc2ccc(Cl)cc2)cc1. The van der Waals surface area contributed by atoms with Crippen molar-refractivity contribution in [2.24, 2.45) is 0 Å². The zero-order valence-corrected chi connectivity index (χ0v) is 12.5. The fraction of sp³-hybridized carbons (Fsp3) is 0.176. The van der Waals surface area contributed by atoms with Crippen LogP contribution in [-0.2, 0) is 0 Å². The van der Waals surface area contributed by atoms with Crippen molar-refractivity contribution in [2.45, 2.75) is 0 Å². The van der Waals surface area contributed by atoms with Gasteiger partial charge >= 0.3 is 0 Å². The topological polar surface area (TPSA) is 12.5 Å². The predicted molar refractivity (Wildman–Crippen MR) is 85.6 cm³/mol. The van der Waals surface area contributed by atoms with Crippen molar-refractivity contribution < 1.29 is 4.74 Å².